The van der Waals surface area contributed by atoms with Gasteiger partial charge in [-0.3, -0.25) is 4.79 Å². The molecule has 0 amide bonds. The molecule has 0 saturated carbocycles. The second-order valence-electron chi connectivity index (χ2n) is 1.83. The van der Waals surface area contributed by atoms with Crippen molar-refractivity contribution in [1.82, 2.24) is 4.90 Å². The Kier molecular flexibility index (Phi) is 4.22. The molecular formula is C5H8NO2S2-. The van der Waals surface area contributed by atoms with Crippen molar-refractivity contribution >= 4 is 35.1 Å². The molecule has 0 rings (SSSR count). The predicted molar refractivity (Wildman–Crippen MR) is 44.8 cm³/mol. The molecule has 10 heavy (non-hydrogen) atoms. The van der Waals surface area contributed by atoms with E-state index in [9.17, 15) is 4.79 Å². The van der Waals surface area contributed by atoms with Gasteiger partial charge in [-0.05, 0) is 0 Å². The van der Waals surface area contributed by atoms with Crippen molar-refractivity contribution in [2.45, 2.75) is 6.42 Å². The summed E-state index contributed by atoms with van der Waals surface area (Å²) in [6.07, 6.45) is 0.0767. The minimum absolute atomic E-state index is 0.0767. The number of carboxylic acids is 1. The van der Waals surface area contributed by atoms with Gasteiger partial charge in [-0.2, -0.15) is 0 Å². The number of aliphatic carboxylic acids is 1. The number of carbonyl (C=O) groups is 1. The van der Waals surface area contributed by atoms with Crippen molar-refractivity contribution in [3.63, 3.8) is 0 Å². The van der Waals surface area contributed by atoms with E-state index in [1.165, 1.54) is 0 Å². The molecule has 5 heteroatoms. The lowest BCUT2D eigenvalue weighted by atomic mass is 10.4. The molecule has 0 atom stereocenters. The first-order valence-corrected chi connectivity index (χ1v) is 3.49. The third-order valence-electron chi connectivity index (χ3n) is 0.973. The summed E-state index contributed by atoms with van der Waals surface area (Å²) in [5, 5.41) is 8.24. The molecule has 3 nitrogen and oxygen atoms in total. The molecule has 0 aliphatic rings. The van der Waals surface area contributed by atoms with Crippen molar-refractivity contribution in [3.05, 3.63) is 0 Å². The molecule has 0 unspecified atom stereocenters. The summed E-state index contributed by atoms with van der Waals surface area (Å²) in [4.78, 5) is 11.6. The van der Waals surface area contributed by atoms with Crippen molar-refractivity contribution in [3.8, 4) is 0 Å². The van der Waals surface area contributed by atoms with Crippen molar-refractivity contribution in [2.24, 2.45) is 0 Å². The van der Waals surface area contributed by atoms with Gasteiger partial charge in [0, 0.05) is 13.6 Å². The van der Waals surface area contributed by atoms with Gasteiger partial charge in [0.05, 0.1) is 6.42 Å². The Bertz CT molecular complexity index is 149. The Morgan fingerprint density at radius 2 is 2.30 bits per heavy atom. The predicted octanol–water partition coefficient (Wildman–Crippen LogP) is 0.225. The van der Waals surface area contributed by atoms with Crippen LogP contribution >= 0.6 is 12.2 Å². The molecule has 0 aromatic heterocycles. The van der Waals surface area contributed by atoms with E-state index in [-0.39, 0.29) is 6.42 Å². The maximum Gasteiger partial charge on any atom is 0.305 e. The summed E-state index contributed by atoms with van der Waals surface area (Å²) in [6.45, 7) is 0.387. The van der Waals surface area contributed by atoms with Crippen LogP contribution in [0.1, 0.15) is 6.42 Å². The van der Waals surface area contributed by atoms with Gasteiger partial charge in [-0.1, -0.05) is 4.32 Å². The van der Waals surface area contributed by atoms with E-state index in [1.807, 2.05) is 0 Å². The van der Waals surface area contributed by atoms with Gasteiger partial charge >= 0.3 is 5.97 Å². The molecular weight excluding hydrogens is 170 g/mol. The molecule has 0 aliphatic heterocycles. The minimum Gasteiger partial charge on any atom is -0.481 e. The van der Waals surface area contributed by atoms with Gasteiger partial charge in [0.2, 0.25) is 0 Å². The molecule has 0 aromatic carbocycles. The Hall–Kier alpha value is -0.420. The summed E-state index contributed by atoms with van der Waals surface area (Å²) < 4.78 is 0.307. The maximum absolute atomic E-state index is 10.0. The lowest BCUT2D eigenvalue weighted by molar-refractivity contribution is -0.137. The maximum atomic E-state index is 10.0. The van der Waals surface area contributed by atoms with Crippen LogP contribution in [0.4, 0.5) is 0 Å². The summed E-state index contributed by atoms with van der Waals surface area (Å²) >= 11 is 9.24. The van der Waals surface area contributed by atoms with E-state index < -0.39 is 5.97 Å². The monoisotopic (exact) mass is 178 g/mol. The first-order valence-electron chi connectivity index (χ1n) is 2.68. The molecule has 0 aromatic rings. The highest BCUT2D eigenvalue weighted by Crippen LogP contribution is 1.88. The van der Waals surface area contributed by atoms with Gasteiger partial charge in [-0.15, -0.1) is 0 Å². The van der Waals surface area contributed by atoms with Crippen molar-refractivity contribution in [1.29, 1.82) is 0 Å². The average molecular weight is 178 g/mol. The van der Waals surface area contributed by atoms with E-state index in [0.29, 0.717) is 10.9 Å². The van der Waals surface area contributed by atoms with Crippen LogP contribution in [-0.2, 0) is 17.4 Å². The Morgan fingerprint density at radius 1 is 1.80 bits per heavy atom. The second kappa shape index (κ2) is 4.40. The van der Waals surface area contributed by atoms with Gasteiger partial charge in [0.1, 0.15) is 0 Å². The number of carboxylic acid groups (broad SMARTS) is 1. The molecule has 0 saturated heterocycles. The highest BCUT2D eigenvalue weighted by molar-refractivity contribution is 8.00. The third-order valence-corrected chi connectivity index (χ3v) is 1.60. The van der Waals surface area contributed by atoms with Gasteiger partial charge < -0.3 is 34.9 Å². The molecule has 0 aliphatic carbocycles. The molecule has 0 heterocycles. The first kappa shape index (κ1) is 9.58. The Morgan fingerprint density at radius 3 is 2.60 bits per heavy atom. The summed E-state index contributed by atoms with van der Waals surface area (Å²) in [7, 11) is 1.68. The lowest BCUT2D eigenvalue weighted by Crippen LogP contribution is -2.25. The van der Waals surface area contributed by atoms with Crippen LogP contribution < -0.4 is 0 Å². The number of hydrogen-bond acceptors (Lipinski definition) is 3. The number of rotatable bonds is 3. The van der Waals surface area contributed by atoms with E-state index >= 15 is 0 Å². The summed E-state index contributed by atoms with van der Waals surface area (Å²) in [5.41, 5.74) is 0. The van der Waals surface area contributed by atoms with Gasteiger partial charge in [0.25, 0.3) is 0 Å². The standard InChI is InChI=1S/C5H9NO2S2/c1-6(5(9)10)3-2-4(7)8/h2-3H2,1H3,(H,7,8)(H,9,10)/p-1. The van der Waals surface area contributed by atoms with E-state index in [4.69, 9.17) is 5.11 Å². The number of thiocarbonyl (C=S) groups is 1. The number of hydrogen-bond donors (Lipinski definition) is 1. The summed E-state index contributed by atoms with van der Waals surface area (Å²) in [6, 6.07) is 0. The largest absolute Gasteiger partial charge is 0.481 e. The highest BCUT2D eigenvalue weighted by Gasteiger charge is 1.97. The van der Waals surface area contributed by atoms with Gasteiger partial charge in [0.15, 0.2) is 0 Å². The zero-order chi connectivity index (χ0) is 8.15. The highest BCUT2D eigenvalue weighted by atomic mass is 32.1. The molecule has 0 spiro atoms. The molecule has 0 fully saturated rings. The zero-order valence-electron chi connectivity index (χ0n) is 5.53. The Labute approximate surface area is 70.4 Å². The fourth-order valence-electron chi connectivity index (χ4n) is 0.355. The van der Waals surface area contributed by atoms with Crippen LogP contribution in [0.3, 0.4) is 0 Å². The fourth-order valence-corrected chi connectivity index (χ4v) is 0.537. The minimum atomic E-state index is -0.835. The van der Waals surface area contributed by atoms with E-state index in [0.717, 1.165) is 0 Å². The lowest BCUT2D eigenvalue weighted by Gasteiger charge is -2.21. The Balaban J connectivity index is 3.49. The molecule has 0 radical (unpaired) electrons. The van der Waals surface area contributed by atoms with Crippen molar-refractivity contribution in [2.75, 3.05) is 13.6 Å². The van der Waals surface area contributed by atoms with Crippen LogP contribution in [0, 0.1) is 0 Å². The molecule has 58 valence electrons. The quantitative estimate of drug-likeness (QED) is 0.494. The normalized spacial score (nSPS) is 8.90. The summed E-state index contributed by atoms with van der Waals surface area (Å²) in [5.74, 6) is -0.835. The first-order chi connectivity index (χ1) is 4.54. The van der Waals surface area contributed by atoms with Crippen LogP contribution in [0.25, 0.3) is 0 Å². The van der Waals surface area contributed by atoms with Crippen LogP contribution in [0.15, 0.2) is 0 Å². The smallest absolute Gasteiger partial charge is 0.305 e. The van der Waals surface area contributed by atoms with E-state index in [1.54, 1.807) is 11.9 Å². The number of nitrogens with zero attached hydrogens (tertiary/aromatic N) is 1. The molecule has 1 N–H and O–H groups in total. The SMILES string of the molecule is CN(CCC(=O)O)C(=S)[S-]. The average Bonchev–Trinajstić information content (AvgIpc) is 1.82. The van der Waals surface area contributed by atoms with Gasteiger partial charge in [-0.25, -0.2) is 0 Å². The fraction of sp³-hybridized carbons (Fsp3) is 0.600. The zero-order valence-corrected chi connectivity index (χ0v) is 7.17. The topological polar surface area (TPSA) is 40.5 Å². The van der Waals surface area contributed by atoms with Crippen LogP contribution in [0.2, 0.25) is 0 Å². The van der Waals surface area contributed by atoms with Crippen molar-refractivity contribution < 1.29 is 9.90 Å². The third kappa shape index (κ3) is 4.46. The van der Waals surface area contributed by atoms with E-state index in [2.05, 4.69) is 24.8 Å². The van der Waals surface area contributed by atoms with Crippen LogP contribution in [-0.4, -0.2) is 33.9 Å². The molecule has 0 bridgehead atoms. The van der Waals surface area contributed by atoms with Crippen LogP contribution in [0.5, 0.6) is 0 Å². The second-order valence-corrected chi connectivity index (χ2v) is 2.86.